The zero-order valence-corrected chi connectivity index (χ0v) is 9.34. The number of aromatic nitrogens is 2. The molecule has 1 aromatic heterocycles. The minimum absolute atomic E-state index is 0.0514. The minimum Gasteiger partial charge on any atom is -0.396 e. The average molecular weight is 226 g/mol. The van der Waals surface area contributed by atoms with Crippen molar-refractivity contribution in [3.05, 3.63) is 17.5 Å². The van der Waals surface area contributed by atoms with Gasteiger partial charge in [-0.15, -0.1) is 0 Å². The van der Waals surface area contributed by atoms with Crippen LogP contribution in [0, 0.1) is 12.3 Å². The molecule has 1 aromatic rings. The van der Waals surface area contributed by atoms with Gasteiger partial charge in [-0.3, -0.25) is 5.41 Å². The van der Waals surface area contributed by atoms with Crippen LogP contribution in [-0.4, -0.2) is 33.3 Å². The standard InChI is InChI=1S/C9H14N4OS/c1-6-5-7(8(10)11)13-9(12-6)15-4-2-3-14/h5,14H,2-4H2,1H3,(H3,10,11). The molecule has 6 heteroatoms. The molecule has 0 amide bonds. The zero-order chi connectivity index (χ0) is 11.3. The molecular weight excluding hydrogens is 212 g/mol. The number of amidine groups is 1. The highest BCUT2D eigenvalue weighted by atomic mass is 32.2. The summed E-state index contributed by atoms with van der Waals surface area (Å²) in [6.45, 7) is 2.00. The molecule has 0 radical (unpaired) electrons. The lowest BCUT2D eigenvalue weighted by molar-refractivity contribution is 0.296. The minimum atomic E-state index is -0.0514. The van der Waals surface area contributed by atoms with E-state index in [1.165, 1.54) is 11.8 Å². The highest BCUT2D eigenvalue weighted by molar-refractivity contribution is 7.99. The Bertz CT molecular complexity index is 356. The summed E-state index contributed by atoms with van der Waals surface area (Å²) in [5.74, 6) is 0.710. The molecule has 0 saturated heterocycles. The van der Waals surface area contributed by atoms with Gasteiger partial charge in [-0.25, -0.2) is 9.97 Å². The third-order valence-electron chi connectivity index (χ3n) is 1.64. The van der Waals surface area contributed by atoms with E-state index in [0.717, 1.165) is 11.4 Å². The number of hydrogen-bond donors (Lipinski definition) is 3. The van der Waals surface area contributed by atoms with Gasteiger partial charge in [0.05, 0.1) is 0 Å². The molecule has 15 heavy (non-hydrogen) atoms. The SMILES string of the molecule is Cc1cc(C(=N)N)nc(SCCCO)n1. The fourth-order valence-electron chi connectivity index (χ4n) is 0.972. The summed E-state index contributed by atoms with van der Waals surface area (Å²) in [5, 5.41) is 16.5. The van der Waals surface area contributed by atoms with Crippen LogP contribution in [0.2, 0.25) is 0 Å². The summed E-state index contributed by atoms with van der Waals surface area (Å²) in [6, 6.07) is 1.68. The largest absolute Gasteiger partial charge is 0.396 e. The topological polar surface area (TPSA) is 95.9 Å². The van der Waals surface area contributed by atoms with Crippen molar-refractivity contribution < 1.29 is 5.11 Å². The van der Waals surface area contributed by atoms with Crippen molar-refractivity contribution in [2.45, 2.75) is 18.5 Å². The van der Waals surface area contributed by atoms with E-state index in [0.29, 0.717) is 17.3 Å². The average Bonchev–Trinajstić information content (AvgIpc) is 2.17. The number of thioether (sulfide) groups is 1. The summed E-state index contributed by atoms with van der Waals surface area (Å²) in [7, 11) is 0. The predicted molar refractivity (Wildman–Crippen MR) is 60.2 cm³/mol. The third kappa shape index (κ3) is 3.85. The Morgan fingerprint density at radius 2 is 2.33 bits per heavy atom. The maximum absolute atomic E-state index is 8.63. The maximum Gasteiger partial charge on any atom is 0.188 e. The third-order valence-corrected chi connectivity index (χ3v) is 2.58. The number of rotatable bonds is 5. The lowest BCUT2D eigenvalue weighted by Gasteiger charge is -2.03. The summed E-state index contributed by atoms with van der Waals surface area (Å²) in [5.41, 5.74) is 6.60. The lowest BCUT2D eigenvalue weighted by Crippen LogP contribution is -2.14. The van der Waals surface area contributed by atoms with Crippen LogP contribution >= 0.6 is 11.8 Å². The van der Waals surface area contributed by atoms with Gasteiger partial charge >= 0.3 is 0 Å². The first-order valence-corrected chi connectivity index (χ1v) is 5.56. The first-order chi connectivity index (χ1) is 7.13. The molecule has 0 spiro atoms. The number of nitrogens with two attached hydrogens (primary N) is 1. The van der Waals surface area contributed by atoms with Crippen molar-refractivity contribution >= 4 is 17.6 Å². The normalized spacial score (nSPS) is 10.3. The molecule has 0 aliphatic carbocycles. The molecule has 0 bridgehead atoms. The van der Waals surface area contributed by atoms with E-state index in [9.17, 15) is 0 Å². The zero-order valence-electron chi connectivity index (χ0n) is 8.53. The second kappa shape index (κ2) is 5.67. The number of hydrogen-bond acceptors (Lipinski definition) is 5. The molecule has 4 N–H and O–H groups in total. The van der Waals surface area contributed by atoms with Crippen LogP contribution in [-0.2, 0) is 0 Å². The quantitative estimate of drug-likeness (QED) is 0.224. The molecule has 82 valence electrons. The van der Waals surface area contributed by atoms with E-state index < -0.39 is 0 Å². The van der Waals surface area contributed by atoms with E-state index in [4.69, 9.17) is 16.2 Å². The van der Waals surface area contributed by atoms with Gasteiger partial charge in [-0.05, 0) is 19.4 Å². The van der Waals surface area contributed by atoms with Crippen LogP contribution < -0.4 is 5.73 Å². The fraction of sp³-hybridized carbons (Fsp3) is 0.444. The van der Waals surface area contributed by atoms with Gasteiger partial charge in [-0.1, -0.05) is 11.8 Å². The Balaban J connectivity index is 2.75. The predicted octanol–water partition coefficient (Wildman–Crippen LogP) is 0.544. The van der Waals surface area contributed by atoms with Crippen molar-refractivity contribution in [1.82, 2.24) is 9.97 Å². The monoisotopic (exact) mass is 226 g/mol. The highest BCUT2D eigenvalue weighted by Crippen LogP contribution is 2.14. The number of aliphatic hydroxyl groups is 1. The maximum atomic E-state index is 8.63. The van der Waals surface area contributed by atoms with Crippen molar-refractivity contribution in [1.29, 1.82) is 5.41 Å². The molecule has 0 atom stereocenters. The van der Waals surface area contributed by atoms with Gasteiger partial charge in [0.2, 0.25) is 0 Å². The Labute approximate surface area is 92.6 Å². The summed E-state index contributed by atoms with van der Waals surface area (Å²) < 4.78 is 0. The first-order valence-electron chi connectivity index (χ1n) is 4.57. The number of nitrogens with zero attached hydrogens (tertiary/aromatic N) is 2. The van der Waals surface area contributed by atoms with Crippen LogP contribution in [0.3, 0.4) is 0 Å². The van der Waals surface area contributed by atoms with Crippen LogP contribution in [0.1, 0.15) is 17.8 Å². The second-order valence-corrected chi connectivity index (χ2v) is 4.08. The van der Waals surface area contributed by atoms with E-state index in [2.05, 4.69) is 9.97 Å². The Morgan fingerprint density at radius 1 is 1.60 bits per heavy atom. The van der Waals surface area contributed by atoms with Crippen molar-refractivity contribution in [3.8, 4) is 0 Å². The van der Waals surface area contributed by atoms with Crippen LogP contribution in [0.25, 0.3) is 0 Å². The molecule has 0 aliphatic rings. The van der Waals surface area contributed by atoms with Crippen molar-refractivity contribution in [3.63, 3.8) is 0 Å². The summed E-state index contributed by atoms with van der Waals surface area (Å²) >= 11 is 1.46. The molecule has 0 aromatic carbocycles. The van der Waals surface area contributed by atoms with E-state index in [1.807, 2.05) is 6.92 Å². The van der Waals surface area contributed by atoms with E-state index in [-0.39, 0.29) is 12.4 Å². The fourth-order valence-corrected chi connectivity index (χ4v) is 1.80. The van der Waals surface area contributed by atoms with E-state index in [1.54, 1.807) is 6.07 Å². The van der Waals surface area contributed by atoms with E-state index >= 15 is 0 Å². The highest BCUT2D eigenvalue weighted by Gasteiger charge is 2.04. The molecule has 0 fully saturated rings. The van der Waals surface area contributed by atoms with Gasteiger partial charge in [0.1, 0.15) is 11.5 Å². The van der Waals surface area contributed by atoms with Crippen LogP contribution in [0.5, 0.6) is 0 Å². The van der Waals surface area contributed by atoms with Gasteiger partial charge in [0.25, 0.3) is 0 Å². The van der Waals surface area contributed by atoms with Crippen LogP contribution in [0.15, 0.2) is 11.2 Å². The summed E-state index contributed by atoms with van der Waals surface area (Å²) in [4.78, 5) is 8.33. The van der Waals surface area contributed by atoms with Gasteiger partial charge < -0.3 is 10.8 Å². The molecule has 0 saturated carbocycles. The lowest BCUT2D eigenvalue weighted by atomic mass is 10.3. The van der Waals surface area contributed by atoms with Gasteiger partial charge in [0.15, 0.2) is 5.16 Å². The van der Waals surface area contributed by atoms with Gasteiger partial charge in [0, 0.05) is 18.1 Å². The summed E-state index contributed by atoms with van der Waals surface area (Å²) in [6.07, 6.45) is 0.706. The number of nitrogen functional groups attached to an aromatic ring is 1. The second-order valence-electron chi connectivity index (χ2n) is 3.02. The molecular formula is C9H14N4OS. The first kappa shape index (κ1) is 11.9. The smallest absolute Gasteiger partial charge is 0.188 e. The number of aliphatic hydroxyl groups excluding tert-OH is 1. The number of nitrogens with one attached hydrogen (secondary N) is 1. The van der Waals surface area contributed by atoms with Gasteiger partial charge in [-0.2, -0.15) is 0 Å². The molecule has 1 heterocycles. The Kier molecular flexibility index (Phi) is 4.51. The van der Waals surface area contributed by atoms with Crippen molar-refractivity contribution in [2.75, 3.05) is 12.4 Å². The number of aryl methyl sites for hydroxylation is 1. The molecule has 0 unspecified atom stereocenters. The van der Waals surface area contributed by atoms with Crippen LogP contribution in [0.4, 0.5) is 0 Å². The Morgan fingerprint density at radius 3 is 2.93 bits per heavy atom. The molecule has 0 aliphatic heterocycles. The molecule has 1 rings (SSSR count). The molecule has 5 nitrogen and oxygen atoms in total. The van der Waals surface area contributed by atoms with Crippen molar-refractivity contribution in [2.24, 2.45) is 5.73 Å². The Hall–Kier alpha value is -1.14.